The van der Waals surface area contributed by atoms with Crippen LogP contribution in [0.25, 0.3) is 0 Å². The highest BCUT2D eigenvalue weighted by molar-refractivity contribution is 4.99. The molecule has 11 heavy (non-hydrogen) atoms. The van der Waals surface area contributed by atoms with E-state index in [1.165, 1.54) is 12.8 Å². The molecule has 1 atom stereocenters. The molecule has 0 aromatic heterocycles. The molecule has 2 nitrogen and oxygen atoms in total. The number of aliphatic hydroxyl groups is 1. The van der Waals surface area contributed by atoms with Crippen molar-refractivity contribution in [2.24, 2.45) is 5.92 Å². The zero-order valence-corrected chi connectivity index (χ0v) is 7.56. The van der Waals surface area contributed by atoms with Crippen molar-refractivity contribution in [3.63, 3.8) is 0 Å². The van der Waals surface area contributed by atoms with Gasteiger partial charge in [-0.2, -0.15) is 0 Å². The Kier molecular flexibility index (Phi) is 2.90. The van der Waals surface area contributed by atoms with E-state index in [1.54, 1.807) is 0 Å². The lowest BCUT2D eigenvalue weighted by Gasteiger charge is -2.31. The Morgan fingerprint density at radius 1 is 1.45 bits per heavy atom. The van der Waals surface area contributed by atoms with Gasteiger partial charge in [0, 0.05) is 5.54 Å². The SMILES string of the molecule is CCNC(CC)(CO)C1CC1. The van der Waals surface area contributed by atoms with Gasteiger partial charge in [-0.15, -0.1) is 0 Å². The first-order valence-electron chi connectivity index (χ1n) is 4.65. The van der Waals surface area contributed by atoms with Crippen LogP contribution in [0.5, 0.6) is 0 Å². The number of hydrogen-bond acceptors (Lipinski definition) is 2. The summed E-state index contributed by atoms with van der Waals surface area (Å²) in [7, 11) is 0. The molecule has 0 radical (unpaired) electrons. The molecule has 0 aliphatic heterocycles. The first-order chi connectivity index (χ1) is 5.29. The van der Waals surface area contributed by atoms with E-state index in [2.05, 4.69) is 19.2 Å². The van der Waals surface area contributed by atoms with Gasteiger partial charge in [-0.25, -0.2) is 0 Å². The number of nitrogens with one attached hydrogen (secondary N) is 1. The molecule has 0 aromatic carbocycles. The van der Waals surface area contributed by atoms with Gasteiger partial charge in [-0.1, -0.05) is 13.8 Å². The van der Waals surface area contributed by atoms with Gasteiger partial charge < -0.3 is 10.4 Å². The highest BCUT2D eigenvalue weighted by atomic mass is 16.3. The van der Waals surface area contributed by atoms with Crippen LogP contribution in [0.15, 0.2) is 0 Å². The van der Waals surface area contributed by atoms with E-state index in [9.17, 15) is 5.11 Å². The van der Waals surface area contributed by atoms with Gasteiger partial charge in [0.2, 0.25) is 0 Å². The monoisotopic (exact) mass is 157 g/mol. The minimum Gasteiger partial charge on any atom is -0.394 e. The average molecular weight is 157 g/mol. The van der Waals surface area contributed by atoms with E-state index in [-0.39, 0.29) is 5.54 Å². The van der Waals surface area contributed by atoms with Crippen molar-refractivity contribution in [3.05, 3.63) is 0 Å². The molecule has 0 aromatic rings. The molecule has 66 valence electrons. The molecule has 0 bridgehead atoms. The predicted molar refractivity (Wildman–Crippen MR) is 46.5 cm³/mol. The van der Waals surface area contributed by atoms with Gasteiger partial charge in [-0.05, 0) is 31.7 Å². The Balaban J connectivity index is 2.50. The lowest BCUT2D eigenvalue weighted by molar-refractivity contribution is 0.137. The highest BCUT2D eigenvalue weighted by Gasteiger charge is 2.42. The van der Waals surface area contributed by atoms with Crippen molar-refractivity contribution in [1.82, 2.24) is 5.32 Å². The lowest BCUT2D eigenvalue weighted by atomic mass is 9.91. The minimum absolute atomic E-state index is 0.0503. The standard InChI is InChI=1S/C9H19NO/c1-3-9(7-11,10-4-2)8-5-6-8/h8,10-11H,3-7H2,1-2H3. The van der Waals surface area contributed by atoms with E-state index < -0.39 is 0 Å². The molecule has 1 unspecified atom stereocenters. The van der Waals surface area contributed by atoms with Crippen molar-refractivity contribution >= 4 is 0 Å². The van der Waals surface area contributed by atoms with Crippen molar-refractivity contribution in [1.29, 1.82) is 0 Å². The molecule has 1 aliphatic rings. The summed E-state index contributed by atoms with van der Waals surface area (Å²) in [5, 5.41) is 12.7. The van der Waals surface area contributed by atoms with Crippen LogP contribution in [0.4, 0.5) is 0 Å². The second kappa shape index (κ2) is 3.55. The molecular weight excluding hydrogens is 138 g/mol. The molecule has 0 amide bonds. The molecule has 1 saturated carbocycles. The van der Waals surface area contributed by atoms with Crippen molar-refractivity contribution in [3.8, 4) is 0 Å². The van der Waals surface area contributed by atoms with Crippen molar-refractivity contribution in [2.45, 2.75) is 38.6 Å². The fraction of sp³-hybridized carbons (Fsp3) is 1.00. The summed E-state index contributed by atoms with van der Waals surface area (Å²) in [6, 6.07) is 0. The summed E-state index contributed by atoms with van der Waals surface area (Å²) in [6.45, 7) is 5.51. The lowest BCUT2D eigenvalue weighted by Crippen LogP contribution is -2.49. The van der Waals surface area contributed by atoms with Crippen molar-refractivity contribution in [2.75, 3.05) is 13.2 Å². The zero-order valence-electron chi connectivity index (χ0n) is 7.56. The Bertz CT molecular complexity index is 117. The third-order valence-corrected chi connectivity index (χ3v) is 2.80. The summed E-state index contributed by atoms with van der Waals surface area (Å²) >= 11 is 0. The molecule has 0 spiro atoms. The number of rotatable bonds is 5. The Morgan fingerprint density at radius 3 is 2.36 bits per heavy atom. The molecule has 0 heterocycles. The summed E-state index contributed by atoms with van der Waals surface area (Å²) in [5.41, 5.74) is 0.0503. The predicted octanol–water partition coefficient (Wildman–Crippen LogP) is 1.15. The smallest absolute Gasteiger partial charge is 0.0615 e. The number of aliphatic hydroxyl groups excluding tert-OH is 1. The molecule has 2 N–H and O–H groups in total. The maximum atomic E-state index is 9.26. The normalized spacial score (nSPS) is 23.2. The second-order valence-electron chi connectivity index (χ2n) is 3.47. The maximum Gasteiger partial charge on any atom is 0.0615 e. The van der Waals surface area contributed by atoms with E-state index in [1.807, 2.05) is 0 Å². The van der Waals surface area contributed by atoms with E-state index in [4.69, 9.17) is 0 Å². The molecule has 1 fully saturated rings. The van der Waals surface area contributed by atoms with Crippen LogP contribution >= 0.6 is 0 Å². The highest BCUT2D eigenvalue weighted by Crippen LogP contribution is 2.41. The Labute approximate surface area is 69.0 Å². The molecule has 1 rings (SSSR count). The van der Waals surface area contributed by atoms with Gasteiger partial charge in [-0.3, -0.25) is 0 Å². The van der Waals surface area contributed by atoms with Gasteiger partial charge in [0.05, 0.1) is 6.61 Å². The fourth-order valence-corrected chi connectivity index (χ4v) is 1.84. The minimum atomic E-state index is 0.0503. The summed E-state index contributed by atoms with van der Waals surface area (Å²) in [5.74, 6) is 0.734. The molecule has 0 saturated heterocycles. The largest absolute Gasteiger partial charge is 0.394 e. The molecular formula is C9H19NO. The molecule has 2 heteroatoms. The van der Waals surface area contributed by atoms with Crippen LogP contribution in [-0.2, 0) is 0 Å². The number of hydrogen-bond donors (Lipinski definition) is 2. The second-order valence-corrected chi connectivity index (χ2v) is 3.47. The summed E-state index contributed by atoms with van der Waals surface area (Å²) in [4.78, 5) is 0. The van der Waals surface area contributed by atoms with Crippen LogP contribution in [0.2, 0.25) is 0 Å². The van der Waals surface area contributed by atoms with Crippen LogP contribution in [0, 0.1) is 5.92 Å². The zero-order chi connectivity index (χ0) is 8.32. The van der Waals surface area contributed by atoms with Crippen LogP contribution in [0.1, 0.15) is 33.1 Å². The van der Waals surface area contributed by atoms with E-state index in [0.717, 1.165) is 18.9 Å². The van der Waals surface area contributed by atoms with Gasteiger partial charge >= 0.3 is 0 Å². The van der Waals surface area contributed by atoms with Crippen LogP contribution in [0.3, 0.4) is 0 Å². The fourth-order valence-electron chi connectivity index (χ4n) is 1.84. The van der Waals surface area contributed by atoms with E-state index in [0.29, 0.717) is 6.61 Å². The van der Waals surface area contributed by atoms with Gasteiger partial charge in [0.15, 0.2) is 0 Å². The summed E-state index contributed by atoms with van der Waals surface area (Å²) < 4.78 is 0. The maximum absolute atomic E-state index is 9.26. The molecule has 1 aliphatic carbocycles. The number of likely N-dealkylation sites (N-methyl/N-ethyl adjacent to an activating group) is 1. The van der Waals surface area contributed by atoms with E-state index >= 15 is 0 Å². The van der Waals surface area contributed by atoms with Crippen LogP contribution < -0.4 is 5.32 Å². The summed E-state index contributed by atoms with van der Waals surface area (Å²) in [6.07, 6.45) is 3.63. The Hall–Kier alpha value is -0.0800. The average Bonchev–Trinajstić information content (AvgIpc) is 2.83. The van der Waals surface area contributed by atoms with Gasteiger partial charge in [0.1, 0.15) is 0 Å². The van der Waals surface area contributed by atoms with Gasteiger partial charge in [0.25, 0.3) is 0 Å². The van der Waals surface area contributed by atoms with Crippen LogP contribution in [-0.4, -0.2) is 23.8 Å². The topological polar surface area (TPSA) is 32.3 Å². The Morgan fingerprint density at radius 2 is 2.09 bits per heavy atom. The quantitative estimate of drug-likeness (QED) is 0.627. The third kappa shape index (κ3) is 1.74. The first-order valence-corrected chi connectivity index (χ1v) is 4.65. The first kappa shape index (κ1) is 9.01. The van der Waals surface area contributed by atoms with Crippen molar-refractivity contribution < 1.29 is 5.11 Å². The third-order valence-electron chi connectivity index (χ3n) is 2.80.